The first-order valence-electron chi connectivity index (χ1n) is 12.2. The molecule has 4 N–H and O–H groups in total. The fraction of sp³-hybridized carbons (Fsp3) is 0.357. The van der Waals surface area contributed by atoms with Crippen molar-refractivity contribution >= 4 is 15.7 Å². The third-order valence-corrected chi connectivity index (χ3v) is 7.44. The van der Waals surface area contributed by atoms with E-state index in [0.717, 1.165) is 11.1 Å². The van der Waals surface area contributed by atoms with Crippen molar-refractivity contribution in [2.24, 2.45) is 0 Å². The van der Waals surface area contributed by atoms with Gasteiger partial charge in [0.2, 0.25) is 10.0 Å². The summed E-state index contributed by atoms with van der Waals surface area (Å²) in [6.45, 7) is 2.07. The smallest absolute Gasteiger partial charge is 0.232 e. The van der Waals surface area contributed by atoms with Gasteiger partial charge in [0.05, 0.1) is 31.8 Å². The van der Waals surface area contributed by atoms with Gasteiger partial charge in [-0.1, -0.05) is 49.4 Å². The van der Waals surface area contributed by atoms with Crippen LogP contribution in [0.5, 0.6) is 17.2 Å². The molecule has 3 aromatic carbocycles. The highest BCUT2D eigenvalue weighted by molar-refractivity contribution is 7.92. The number of aliphatic hydroxyl groups is 1. The molecule has 0 amide bonds. The molecular formula is C28H36N2O6S. The minimum atomic E-state index is -3.55. The number of methoxy groups -OCH3 is 2. The van der Waals surface area contributed by atoms with Crippen LogP contribution < -0.4 is 19.5 Å². The van der Waals surface area contributed by atoms with Gasteiger partial charge in [0.15, 0.2) is 11.5 Å². The summed E-state index contributed by atoms with van der Waals surface area (Å²) < 4.78 is 37.5. The van der Waals surface area contributed by atoms with E-state index in [0.29, 0.717) is 36.4 Å². The number of anilines is 1. The predicted octanol–water partition coefficient (Wildman–Crippen LogP) is 4.04. The lowest BCUT2D eigenvalue weighted by atomic mass is 9.97. The molecule has 0 fully saturated rings. The lowest BCUT2D eigenvalue weighted by Gasteiger charge is -2.23. The second-order valence-electron chi connectivity index (χ2n) is 8.90. The summed E-state index contributed by atoms with van der Waals surface area (Å²) >= 11 is 0. The van der Waals surface area contributed by atoms with Crippen LogP contribution in [0.15, 0.2) is 66.7 Å². The number of rotatable bonds is 14. The van der Waals surface area contributed by atoms with Gasteiger partial charge in [-0.25, -0.2) is 8.42 Å². The normalized spacial score (nSPS) is 13.1. The minimum Gasteiger partial charge on any atom is -0.506 e. The third kappa shape index (κ3) is 8.38. The molecule has 37 heavy (non-hydrogen) atoms. The number of benzene rings is 3. The average Bonchev–Trinajstić information content (AvgIpc) is 2.88. The van der Waals surface area contributed by atoms with Crippen LogP contribution in [-0.4, -0.2) is 51.3 Å². The van der Waals surface area contributed by atoms with Gasteiger partial charge in [0, 0.05) is 12.6 Å². The summed E-state index contributed by atoms with van der Waals surface area (Å²) in [5.41, 5.74) is 2.95. The van der Waals surface area contributed by atoms with Gasteiger partial charge in [0.25, 0.3) is 0 Å². The Hall–Kier alpha value is -3.27. The van der Waals surface area contributed by atoms with Crippen LogP contribution in [0, 0.1) is 0 Å². The summed E-state index contributed by atoms with van der Waals surface area (Å²) in [6.07, 6.45) is 0.693. The SMILES string of the molecule is CCCS(=O)(=O)Nc1cc(C[C@H](O)CN[C@H](Cc2ccccc2)c2ccc(OC)c(OC)c2)ccc1O. The van der Waals surface area contributed by atoms with Crippen LogP contribution in [0.2, 0.25) is 0 Å². The van der Waals surface area contributed by atoms with Crippen molar-refractivity contribution < 1.29 is 28.1 Å². The Morgan fingerprint density at radius 1 is 0.892 bits per heavy atom. The van der Waals surface area contributed by atoms with Gasteiger partial charge >= 0.3 is 0 Å². The van der Waals surface area contributed by atoms with Gasteiger partial charge in [-0.2, -0.15) is 0 Å². The number of phenolic OH excluding ortho intramolecular Hbond substituents is 1. The van der Waals surface area contributed by atoms with Crippen LogP contribution >= 0.6 is 0 Å². The van der Waals surface area contributed by atoms with E-state index in [1.54, 1.807) is 33.3 Å². The molecule has 8 nitrogen and oxygen atoms in total. The highest BCUT2D eigenvalue weighted by Gasteiger charge is 2.18. The number of phenols is 1. The fourth-order valence-corrected chi connectivity index (χ4v) is 5.27. The van der Waals surface area contributed by atoms with Gasteiger partial charge in [0.1, 0.15) is 5.75 Å². The highest BCUT2D eigenvalue weighted by Crippen LogP contribution is 2.31. The number of hydrogen-bond acceptors (Lipinski definition) is 7. The summed E-state index contributed by atoms with van der Waals surface area (Å²) in [7, 11) is -0.358. The van der Waals surface area contributed by atoms with Crippen molar-refractivity contribution in [1.82, 2.24) is 5.32 Å². The molecule has 0 unspecified atom stereocenters. The lowest BCUT2D eigenvalue weighted by Crippen LogP contribution is -2.32. The molecule has 0 bridgehead atoms. The van der Waals surface area contributed by atoms with Crippen LogP contribution in [0.25, 0.3) is 0 Å². The summed E-state index contributed by atoms with van der Waals surface area (Å²) in [6, 6.07) is 20.4. The Morgan fingerprint density at radius 3 is 2.30 bits per heavy atom. The second kappa shape index (κ2) is 13.3. The van der Waals surface area contributed by atoms with Crippen LogP contribution in [0.1, 0.15) is 36.1 Å². The zero-order valence-corrected chi connectivity index (χ0v) is 22.3. The Morgan fingerprint density at radius 2 is 1.62 bits per heavy atom. The summed E-state index contributed by atoms with van der Waals surface area (Å²) in [4.78, 5) is 0. The predicted molar refractivity (Wildman–Crippen MR) is 146 cm³/mol. The number of hydrogen-bond donors (Lipinski definition) is 4. The zero-order valence-electron chi connectivity index (χ0n) is 21.5. The van der Waals surface area contributed by atoms with Crippen molar-refractivity contribution in [2.45, 2.75) is 38.3 Å². The number of sulfonamides is 1. The first kappa shape index (κ1) is 28.3. The van der Waals surface area contributed by atoms with Gasteiger partial charge in [-0.15, -0.1) is 0 Å². The van der Waals surface area contributed by atoms with Gasteiger partial charge in [-0.05, 0) is 60.2 Å². The number of aromatic hydroxyl groups is 1. The van der Waals surface area contributed by atoms with Crippen molar-refractivity contribution in [3.05, 3.63) is 83.4 Å². The summed E-state index contributed by atoms with van der Waals surface area (Å²) in [5.74, 6) is 1.07. The molecule has 9 heteroatoms. The molecule has 3 aromatic rings. The molecule has 0 aliphatic heterocycles. The van der Waals surface area contributed by atoms with E-state index in [9.17, 15) is 18.6 Å². The number of aliphatic hydroxyl groups excluding tert-OH is 1. The fourth-order valence-electron chi connectivity index (χ4n) is 4.13. The lowest BCUT2D eigenvalue weighted by molar-refractivity contribution is 0.167. The molecule has 0 saturated heterocycles. The standard InChI is InChI=1S/C28H36N2O6S/c1-4-14-37(33,34)30-25-17-21(10-12-26(25)32)15-23(31)19-29-24(16-20-8-6-5-7-9-20)22-11-13-27(35-2)28(18-22)36-3/h5-13,17-18,23-24,29-32H,4,14-16,19H2,1-3H3/t23-,24+/m0/s1. The first-order valence-corrected chi connectivity index (χ1v) is 13.9. The van der Waals surface area contributed by atoms with Crippen molar-refractivity contribution in [1.29, 1.82) is 0 Å². The van der Waals surface area contributed by atoms with Gasteiger partial charge in [-0.3, -0.25) is 4.72 Å². The summed E-state index contributed by atoms with van der Waals surface area (Å²) in [5, 5.41) is 24.4. The van der Waals surface area contributed by atoms with E-state index >= 15 is 0 Å². The second-order valence-corrected chi connectivity index (χ2v) is 10.7. The molecule has 0 spiro atoms. The molecule has 0 aliphatic rings. The molecule has 0 aliphatic carbocycles. The number of nitrogens with one attached hydrogen (secondary N) is 2. The monoisotopic (exact) mass is 528 g/mol. The van der Waals surface area contributed by atoms with E-state index in [-0.39, 0.29) is 29.7 Å². The number of ether oxygens (including phenoxy) is 2. The van der Waals surface area contributed by atoms with E-state index in [4.69, 9.17) is 9.47 Å². The first-order chi connectivity index (χ1) is 17.7. The van der Waals surface area contributed by atoms with Crippen molar-refractivity contribution in [2.75, 3.05) is 31.2 Å². The van der Waals surface area contributed by atoms with Crippen LogP contribution in [-0.2, 0) is 22.9 Å². The maximum Gasteiger partial charge on any atom is 0.232 e. The molecule has 0 radical (unpaired) electrons. The van der Waals surface area contributed by atoms with Crippen molar-refractivity contribution in [3.63, 3.8) is 0 Å². The molecule has 200 valence electrons. The largest absolute Gasteiger partial charge is 0.506 e. The molecule has 0 aromatic heterocycles. The van der Waals surface area contributed by atoms with Crippen LogP contribution in [0.4, 0.5) is 5.69 Å². The van der Waals surface area contributed by atoms with E-state index in [2.05, 4.69) is 22.2 Å². The molecule has 3 rings (SSSR count). The highest BCUT2D eigenvalue weighted by atomic mass is 32.2. The van der Waals surface area contributed by atoms with Crippen molar-refractivity contribution in [3.8, 4) is 17.2 Å². The van der Waals surface area contributed by atoms with Crippen LogP contribution in [0.3, 0.4) is 0 Å². The third-order valence-electron chi connectivity index (χ3n) is 5.96. The molecule has 0 saturated carbocycles. The Kier molecular flexibility index (Phi) is 10.2. The quantitative estimate of drug-likeness (QED) is 0.233. The Labute approximate surface area is 219 Å². The van der Waals surface area contributed by atoms with Gasteiger partial charge < -0.3 is 25.0 Å². The molecular weight excluding hydrogens is 492 g/mol. The Balaban J connectivity index is 1.73. The molecule has 2 atom stereocenters. The average molecular weight is 529 g/mol. The molecule has 0 heterocycles. The maximum absolute atomic E-state index is 12.1. The van der Waals surface area contributed by atoms with E-state index in [1.165, 1.54) is 6.07 Å². The zero-order chi connectivity index (χ0) is 26.8. The Bertz CT molecular complexity index is 1250. The van der Waals surface area contributed by atoms with E-state index in [1.807, 2.05) is 36.4 Å². The topological polar surface area (TPSA) is 117 Å². The maximum atomic E-state index is 12.1. The van der Waals surface area contributed by atoms with E-state index < -0.39 is 16.1 Å². The minimum absolute atomic E-state index is 0.0395.